The quantitative estimate of drug-likeness (QED) is 0.354. The number of benzene rings is 1. The first-order chi connectivity index (χ1) is 14.2. The maximum absolute atomic E-state index is 12.6. The van der Waals surface area contributed by atoms with Gasteiger partial charge in [-0.2, -0.15) is 0 Å². The van der Waals surface area contributed by atoms with E-state index in [1.165, 1.54) is 0 Å². The average molecular weight is 442 g/mol. The first-order valence-corrected chi connectivity index (χ1v) is 11.6. The lowest BCUT2D eigenvalue weighted by Crippen LogP contribution is -2.49. The summed E-state index contributed by atoms with van der Waals surface area (Å²) < 4.78 is 28.0. The number of ether oxygens (including phenoxy) is 1. The predicted octanol–water partition coefficient (Wildman–Crippen LogP) is 2.63. The summed E-state index contributed by atoms with van der Waals surface area (Å²) in [7, 11) is -3.25. The second-order valence-electron chi connectivity index (χ2n) is 6.64. The van der Waals surface area contributed by atoms with Gasteiger partial charge in [-0.15, -0.1) is 0 Å². The van der Waals surface area contributed by atoms with E-state index in [2.05, 4.69) is 5.32 Å². The predicted molar refractivity (Wildman–Crippen MR) is 112 cm³/mol. The fourth-order valence-electron chi connectivity index (χ4n) is 2.83. The van der Waals surface area contributed by atoms with E-state index in [0.29, 0.717) is 5.56 Å². The van der Waals surface area contributed by atoms with Crippen LogP contribution >= 0.6 is 7.60 Å². The zero-order valence-electron chi connectivity index (χ0n) is 17.9. The van der Waals surface area contributed by atoms with E-state index in [1.54, 1.807) is 52.0 Å². The molecule has 0 aliphatic heterocycles. The van der Waals surface area contributed by atoms with Crippen molar-refractivity contribution in [2.24, 2.45) is 11.7 Å². The van der Waals surface area contributed by atoms with Crippen LogP contribution in [0.3, 0.4) is 0 Å². The Labute approximate surface area is 177 Å². The highest BCUT2D eigenvalue weighted by molar-refractivity contribution is 7.53. The van der Waals surface area contributed by atoms with Gasteiger partial charge in [-0.25, -0.2) is 0 Å². The Bertz CT molecular complexity index is 757. The lowest BCUT2D eigenvalue weighted by molar-refractivity contribution is -0.144. The fraction of sp³-hybridized carbons (Fsp3) is 0.550. The van der Waals surface area contributed by atoms with Crippen LogP contribution in [0.2, 0.25) is 0 Å². The molecule has 168 valence electrons. The minimum Gasteiger partial charge on any atom is -0.466 e. The smallest absolute Gasteiger partial charge is 0.335 e. The summed E-state index contributed by atoms with van der Waals surface area (Å²) in [4.78, 5) is 36.0. The molecule has 30 heavy (non-hydrogen) atoms. The van der Waals surface area contributed by atoms with Crippen molar-refractivity contribution in [2.75, 3.05) is 19.8 Å². The molecule has 0 aliphatic carbocycles. The summed E-state index contributed by atoms with van der Waals surface area (Å²) in [6.07, 6.45) is 0.0296. The molecule has 0 aliphatic rings. The average Bonchev–Trinajstić information content (AvgIpc) is 2.66. The second-order valence-corrected chi connectivity index (χ2v) is 8.70. The van der Waals surface area contributed by atoms with Crippen LogP contribution in [0.1, 0.15) is 50.0 Å². The minimum atomic E-state index is -3.25. The zero-order chi connectivity index (χ0) is 22.7. The lowest BCUT2D eigenvalue weighted by atomic mass is 9.97. The summed E-state index contributed by atoms with van der Waals surface area (Å²) in [5.74, 6) is -2.26. The maximum atomic E-state index is 12.6. The Morgan fingerprint density at radius 3 is 2.07 bits per heavy atom. The highest BCUT2D eigenvalue weighted by Gasteiger charge is 2.28. The molecule has 0 heterocycles. The third-order valence-electron chi connectivity index (χ3n) is 4.20. The van der Waals surface area contributed by atoms with Crippen LogP contribution < -0.4 is 11.1 Å². The number of hydrogen-bond donors (Lipinski definition) is 2. The lowest BCUT2D eigenvalue weighted by Gasteiger charge is -2.22. The summed E-state index contributed by atoms with van der Waals surface area (Å²) >= 11 is 0. The van der Waals surface area contributed by atoms with Crippen LogP contribution in [0, 0.1) is 5.92 Å². The second kappa shape index (κ2) is 12.5. The minimum absolute atomic E-state index is 0.0508. The topological polar surface area (TPSA) is 134 Å². The fourth-order valence-corrected chi connectivity index (χ4v) is 4.53. The highest BCUT2D eigenvalue weighted by atomic mass is 31.2. The Kier molecular flexibility index (Phi) is 10.7. The van der Waals surface area contributed by atoms with Crippen LogP contribution in [0.5, 0.6) is 0 Å². The molecule has 0 radical (unpaired) electrons. The molecule has 0 saturated heterocycles. The number of amides is 2. The van der Waals surface area contributed by atoms with E-state index in [-0.39, 0.29) is 38.0 Å². The van der Waals surface area contributed by atoms with Crippen molar-refractivity contribution in [1.82, 2.24) is 5.32 Å². The van der Waals surface area contributed by atoms with Gasteiger partial charge in [-0.05, 0) is 44.4 Å². The van der Waals surface area contributed by atoms with E-state index in [9.17, 15) is 18.9 Å². The molecule has 3 N–H and O–H groups in total. The maximum Gasteiger partial charge on any atom is 0.335 e. The van der Waals surface area contributed by atoms with Crippen LogP contribution in [0.25, 0.3) is 0 Å². The van der Waals surface area contributed by atoms with Crippen molar-refractivity contribution >= 4 is 25.4 Å². The summed E-state index contributed by atoms with van der Waals surface area (Å²) in [6.45, 7) is 7.53. The van der Waals surface area contributed by atoms with Crippen LogP contribution in [-0.2, 0) is 34.1 Å². The van der Waals surface area contributed by atoms with Crippen LogP contribution in [0.4, 0.5) is 0 Å². The zero-order valence-corrected chi connectivity index (χ0v) is 18.8. The van der Waals surface area contributed by atoms with Crippen LogP contribution in [-0.4, -0.2) is 43.6 Å². The highest BCUT2D eigenvalue weighted by Crippen LogP contribution is 2.51. The summed E-state index contributed by atoms with van der Waals surface area (Å²) in [6, 6.07) is 5.33. The van der Waals surface area contributed by atoms with Gasteiger partial charge in [0.1, 0.15) is 6.04 Å². The van der Waals surface area contributed by atoms with Gasteiger partial charge in [-0.1, -0.05) is 19.1 Å². The third kappa shape index (κ3) is 8.26. The first-order valence-electron chi connectivity index (χ1n) is 9.88. The molecule has 10 heteroatoms. The van der Waals surface area contributed by atoms with Gasteiger partial charge in [0.05, 0.1) is 32.4 Å². The molecular formula is C20H31N2O7P. The Hall–Kier alpha value is -2.22. The van der Waals surface area contributed by atoms with Gasteiger partial charge in [0.15, 0.2) is 0 Å². The number of nitrogens with one attached hydrogen (secondary N) is 1. The van der Waals surface area contributed by atoms with E-state index < -0.39 is 37.3 Å². The molecule has 9 nitrogen and oxygen atoms in total. The number of hydrogen-bond acceptors (Lipinski definition) is 7. The van der Waals surface area contributed by atoms with Crippen molar-refractivity contribution in [2.45, 2.75) is 46.3 Å². The number of esters is 1. The number of carbonyl (C=O) groups excluding carboxylic acids is 3. The van der Waals surface area contributed by atoms with Gasteiger partial charge in [0, 0.05) is 5.56 Å². The molecule has 0 unspecified atom stereocenters. The molecule has 0 spiro atoms. The van der Waals surface area contributed by atoms with Gasteiger partial charge in [-0.3, -0.25) is 18.9 Å². The molecule has 1 rings (SSSR count). The summed E-state index contributed by atoms with van der Waals surface area (Å²) in [5, 5.41) is 2.56. The van der Waals surface area contributed by atoms with Crippen molar-refractivity contribution in [1.29, 1.82) is 0 Å². The van der Waals surface area contributed by atoms with E-state index in [0.717, 1.165) is 0 Å². The monoisotopic (exact) mass is 442 g/mol. The SMILES string of the molecule is CCOC(=O)C[C@@H](C)[C@H](NC(=O)c1ccc(CP(=O)(OCC)OCC)cc1)C(N)=O. The number of rotatable bonds is 13. The number of nitrogens with two attached hydrogens (primary N) is 1. The van der Waals surface area contributed by atoms with E-state index >= 15 is 0 Å². The Morgan fingerprint density at radius 1 is 1.03 bits per heavy atom. The first kappa shape index (κ1) is 25.8. The van der Waals surface area contributed by atoms with Gasteiger partial charge < -0.3 is 24.8 Å². The number of carbonyl (C=O) groups is 3. The molecule has 1 aromatic rings. The normalized spacial score (nSPS) is 13.3. The Balaban J connectivity index is 2.83. The van der Waals surface area contributed by atoms with Gasteiger partial charge >= 0.3 is 13.6 Å². The molecular weight excluding hydrogens is 411 g/mol. The molecule has 0 bridgehead atoms. The van der Waals surface area contributed by atoms with Crippen molar-refractivity contribution in [3.8, 4) is 0 Å². The van der Waals surface area contributed by atoms with Crippen LogP contribution in [0.15, 0.2) is 24.3 Å². The molecule has 0 aromatic heterocycles. The largest absolute Gasteiger partial charge is 0.466 e. The molecule has 0 saturated carbocycles. The molecule has 2 amide bonds. The van der Waals surface area contributed by atoms with Crippen molar-refractivity contribution in [3.05, 3.63) is 35.4 Å². The van der Waals surface area contributed by atoms with Gasteiger partial charge in [0.25, 0.3) is 5.91 Å². The van der Waals surface area contributed by atoms with E-state index in [4.69, 9.17) is 19.5 Å². The van der Waals surface area contributed by atoms with Crippen molar-refractivity contribution < 1.29 is 32.7 Å². The van der Waals surface area contributed by atoms with E-state index in [1.807, 2.05) is 0 Å². The summed E-state index contributed by atoms with van der Waals surface area (Å²) in [5.41, 5.74) is 6.37. The van der Waals surface area contributed by atoms with Gasteiger partial charge in [0.2, 0.25) is 5.91 Å². The Morgan fingerprint density at radius 2 is 1.60 bits per heavy atom. The third-order valence-corrected chi connectivity index (χ3v) is 6.26. The number of primary amides is 1. The molecule has 1 aromatic carbocycles. The molecule has 0 fully saturated rings. The standard InChI is InChI=1S/C20H31N2O7P/c1-5-27-17(23)12-14(4)18(19(21)24)22-20(25)16-10-8-15(9-11-16)13-30(26,28-6-2)29-7-3/h8-11,14,18H,5-7,12-13H2,1-4H3,(H2,21,24)(H,22,25)/t14-,18+/m1/s1. The molecule has 2 atom stereocenters. The van der Waals surface area contributed by atoms with Crippen molar-refractivity contribution in [3.63, 3.8) is 0 Å².